The predicted octanol–water partition coefficient (Wildman–Crippen LogP) is 0.342. The molecule has 3 heterocycles. The zero-order chi connectivity index (χ0) is 8.84. The molecule has 70 valence electrons. The number of nitrogen functional groups attached to an aromatic ring is 1. The van der Waals surface area contributed by atoms with Gasteiger partial charge in [-0.2, -0.15) is 5.10 Å². The number of nitrogens with two attached hydrogens (primary N) is 1. The van der Waals surface area contributed by atoms with Crippen LogP contribution in [0.5, 0.6) is 0 Å². The molecule has 2 aliphatic rings. The Bertz CT molecular complexity index is 319. The Morgan fingerprint density at radius 3 is 2.92 bits per heavy atom. The molecule has 3 atom stereocenters. The lowest BCUT2D eigenvalue weighted by Crippen LogP contribution is -2.27. The second-order valence-corrected chi connectivity index (χ2v) is 4.08. The Morgan fingerprint density at radius 2 is 2.38 bits per heavy atom. The molecule has 0 spiro atoms. The van der Waals surface area contributed by atoms with E-state index in [1.165, 1.54) is 19.5 Å². The van der Waals surface area contributed by atoms with Gasteiger partial charge in [-0.1, -0.05) is 0 Å². The molecule has 4 heteroatoms. The molecule has 2 N–H and O–H groups in total. The van der Waals surface area contributed by atoms with Gasteiger partial charge in [0.1, 0.15) is 5.82 Å². The summed E-state index contributed by atoms with van der Waals surface area (Å²) >= 11 is 0. The molecule has 0 radical (unpaired) electrons. The van der Waals surface area contributed by atoms with Crippen molar-refractivity contribution in [1.82, 2.24) is 14.7 Å². The Morgan fingerprint density at radius 1 is 1.46 bits per heavy atom. The maximum absolute atomic E-state index is 5.83. The van der Waals surface area contributed by atoms with Crippen LogP contribution < -0.4 is 5.73 Å². The van der Waals surface area contributed by atoms with Crippen molar-refractivity contribution in [2.75, 3.05) is 25.4 Å². The molecular formula is C9H14N4. The standard InChI is InChI=1S/C9H14N4/c10-9-1-3-11-13(9)8-6-12-4-2-7(8)5-12/h1,3,7-8H,2,4-6,10H2/t7-,8?/m0/s1. The second-order valence-electron chi connectivity index (χ2n) is 4.08. The van der Waals surface area contributed by atoms with Gasteiger partial charge in [-0.3, -0.25) is 0 Å². The maximum atomic E-state index is 5.83. The van der Waals surface area contributed by atoms with Gasteiger partial charge in [0.2, 0.25) is 0 Å². The topological polar surface area (TPSA) is 47.1 Å². The number of piperidine rings is 1. The highest BCUT2D eigenvalue weighted by Gasteiger charge is 2.39. The summed E-state index contributed by atoms with van der Waals surface area (Å²) < 4.78 is 1.99. The van der Waals surface area contributed by atoms with Gasteiger partial charge in [0, 0.05) is 13.1 Å². The normalized spacial score (nSPS) is 37.1. The van der Waals surface area contributed by atoms with Crippen LogP contribution in [0.25, 0.3) is 0 Å². The van der Waals surface area contributed by atoms with E-state index in [0.717, 1.165) is 18.3 Å². The minimum absolute atomic E-state index is 0.531. The van der Waals surface area contributed by atoms with Gasteiger partial charge in [0.25, 0.3) is 0 Å². The summed E-state index contributed by atoms with van der Waals surface area (Å²) in [6, 6.07) is 2.41. The van der Waals surface area contributed by atoms with Crippen LogP contribution in [-0.2, 0) is 0 Å². The van der Waals surface area contributed by atoms with Gasteiger partial charge in [-0.25, -0.2) is 4.68 Å². The van der Waals surface area contributed by atoms with Gasteiger partial charge >= 0.3 is 0 Å². The third kappa shape index (κ3) is 0.983. The first-order chi connectivity index (χ1) is 6.34. The third-order valence-corrected chi connectivity index (χ3v) is 3.31. The summed E-state index contributed by atoms with van der Waals surface area (Å²) in [5, 5.41) is 4.28. The van der Waals surface area contributed by atoms with Crippen molar-refractivity contribution in [3.05, 3.63) is 12.3 Å². The van der Waals surface area contributed by atoms with Crippen molar-refractivity contribution >= 4 is 5.82 Å². The van der Waals surface area contributed by atoms with Gasteiger partial charge in [0.05, 0.1) is 12.2 Å². The molecule has 1 aromatic rings. The quantitative estimate of drug-likeness (QED) is 0.674. The summed E-state index contributed by atoms with van der Waals surface area (Å²) in [6.45, 7) is 3.64. The zero-order valence-corrected chi connectivity index (χ0v) is 7.56. The molecule has 2 saturated heterocycles. The second kappa shape index (κ2) is 2.48. The molecular weight excluding hydrogens is 164 g/mol. The highest BCUT2D eigenvalue weighted by molar-refractivity contribution is 5.27. The first-order valence-electron chi connectivity index (χ1n) is 4.86. The van der Waals surface area contributed by atoms with Crippen LogP contribution in [0.1, 0.15) is 12.5 Å². The number of anilines is 1. The van der Waals surface area contributed by atoms with E-state index >= 15 is 0 Å². The number of hydrogen-bond donors (Lipinski definition) is 1. The summed E-state index contributed by atoms with van der Waals surface area (Å²) in [6.07, 6.45) is 3.10. The summed E-state index contributed by atoms with van der Waals surface area (Å²) in [4.78, 5) is 2.50. The predicted molar refractivity (Wildman–Crippen MR) is 50.2 cm³/mol. The fourth-order valence-electron chi connectivity index (χ4n) is 2.63. The highest BCUT2D eigenvalue weighted by Crippen LogP contribution is 2.36. The number of hydrogen-bond acceptors (Lipinski definition) is 3. The lowest BCUT2D eigenvalue weighted by molar-refractivity contribution is 0.288. The SMILES string of the molecule is Nc1ccnn1C1CN2CC[C@H]1C2. The zero-order valence-electron chi connectivity index (χ0n) is 7.56. The molecule has 2 unspecified atom stereocenters. The highest BCUT2D eigenvalue weighted by atomic mass is 15.4. The van der Waals surface area contributed by atoms with E-state index in [2.05, 4.69) is 10.00 Å². The van der Waals surface area contributed by atoms with Crippen molar-refractivity contribution in [2.45, 2.75) is 12.5 Å². The van der Waals surface area contributed by atoms with E-state index in [1.807, 2.05) is 10.7 Å². The van der Waals surface area contributed by atoms with Gasteiger partial charge < -0.3 is 10.6 Å². The van der Waals surface area contributed by atoms with Crippen LogP contribution in [-0.4, -0.2) is 34.3 Å². The number of aromatic nitrogens is 2. The summed E-state index contributed by atoms with van der Waals surface area (Å²) in [5.41, 5.74) is 5.83. The molecule has 1 aromatic heterocycles. The molecule has 3 rings (SSSR count). The maximum Gasteiger partial charge on any atom is 0.122 e. The average Bonchev–Trinajstić information content (AvgIpc) is 2.77. The van der Waals surface area contributed by atoms with Crippen LogP contribution in [0, 0.1) is 5.92 Å². The monoisotopic (exact) mass is 178 g/mol. The molecule has 4 nitrogen and oxygen atoms in total. The summed E-state index contributed by atoms with van der Waals surface area (Å²) in [7, 11) is 0. The fraction of sp³-hybridized carbons (Fsp3) is 0.667. The first kappa shape index (κ1) is 7.38. The van der Waals surface area contributed by atoms with Gasteiger partial charge in [0.15, 0.2) is 0 Å². The van der Waals surface area contributed by atoms with Crippen LogP contribution >= 0.6 is 0 Å². The van der Waals surface area contributed by atoms with Crippen LogP contribution in [0.15, 0.2) is 12.3 Å². The Hall–Kier alpha value is -1.03. The van der Waals surface area contributed by atoms with Crippen LogP contribution in [0.2, 0.25) is 0 Å². The van der Waals surface area contributed by atoms with Crippen molar-refractivity contribution in [2.24, 2.45) is 5.92 Å². The minimum atomic E-state index is 0.531. The van der Waals surface area contributed by atoms with Crippen molar-refractivity contribution < 1.29 is 0 Å². The van der Waals surface area contributed by atoms with Crippen LogP contribution in [0.3, 0.4) is 0 Å². The largest absolute Gasteiger partial charge is 0.384 e. The van der Waals surface area contributed by atoms with E-state index in [9.17, 15) is 0 Å². The lowest BCUT2D eigenvalue weighted by atomic mass is 10.0. The van der Waals surface area contributed by atoms with Gasteiger partial charge in [-0.05, 0) is 24.9 Å². The smallest absolute Gasteiger partial charge is 0.122 e. The Balaban J connectivity index is 1.91. The molecule has 2 aliphatic heterocycles. The molecule has 2 fully saturated rings. The number of nitrogens with zero attached hydrogens (tertiary/aromatic N) is 3. The molecule has 0 saturated carbocycles. The Kier molecular flexibility index (Phi) is 1.41. The molecule has 0 amide bonds. The van der Waals surface area contributed by atoms with Gasteiger partial charge in [-0.15, -0.1) is 0 Å². The average molecular weight is 178 g/mol. The lowest BCUT2D eigenvalue weighted by Gasteiger charge is -2.23. The minimum Gasteiger partial charge on any atom is -0.384 e. The van der Waals surface area contributed by atoms with E-state index in [4.69, 9.17) is 5.73 Å². The van der Waals surface area contributed by atoms with Crippen LogP contribution in [0.4, 0.5) is 5.82 Å². The van der Waals surface area contributed by atoms with E-state index in [0.29, 0.717) is 6.04 Å². The van der Waals surface area contributed by atoms with Crippen molar-refractivity contribution in [3.8, 4) is 0 Å². The molecule has 0 aromatic carbocycles. The molecule has 13 heavy (non-hydrogen) atoms. The summed E-state index contributed by atoms with van der Waals surface area (Å²) in [5.74, 6) is 1.58. The third-order valence-electron chi connectivity index (χ3n) is 3.31. The van der Waals surface area contributed by atoms with Crippen molar-refractivity contribution in [3.63, 3.8) is 0 Å². The van der Waals surface area contributed by atoms with Crippen molar-refractivity contribution in [1.29, 1.82) is 0 Å². The van der Waals surface area contributed by atoms with E-state index in [1.54, 1.807) is 6.20 Å². The number of rotatable bonds is 1. The van der Waals surface area contributed by atoms with E-state index < -0.39 is 0 Å². The molecule has 0 aliphatic carbocycles. The first-order valence-corrected chi connectivity index (χ1v) is 4.86. The number of fused-ring (bicyclic) bond motifs is 2. The Labute approximate surface area is 77.3 Å². The molecule has 2 bridgehead atoms. The van der Waals surface area contributed by atoms with E-state index in [-0.39, 0.29) is 0 Å². The fourth-order valence-corrected chi connectivity index (χ4v) is 2.63.